The van der Waals surface area contributed by atoms with Crippen molar-refractivity contribution in [1.29, 1.82) is 0 Å². The van der Waals surface area contributed by atoms with E-state index in [1.807, 2.05) is 13.1 Å². The van der Waals surface area contributed by atoms with E-state index in [1.54, 1.807) is 0 Å². The van der Waals surface area contributed by atoms with E-state index in [0.29, 0.717) is 12.1 Å². The molecule has 1 aromatic rings. The molecule has 1 saturated heterocycles. The number of ether oxygens (including phenoxy) is 1. The number of nitrogens with one attached hydrogen (secondary N) is 2. The normalized spacial score (nSPS) is 19.6. The summed E-state index contributed by atoms with van der Waals surface area (Å²) in [5, 5.41) is 7.04. The molecule has 0 spiro atoms. The van der Waals surface area contributed by atoms with Crippen molar-refractivity contribution in [3.8, 4) is 5.75 Å². The fraction of sp³-hybridized carbons (Fsp3) is 0.667. The van der Waals surface area contributed by atoms with Crippen molar-refractivity contribution in [1.82, 2.24) is 15.5 Å². The average Bonchev–Trinajstić information content (AvgIpc) is 3.49. The number of likely N-dealkylation sites (tertiary alicyclic amines) is 1. The van der Waals surface area contributed by atoms with Gasteiger partial charge in [0.25, 0.3) is 0 Å². The van der Waals surface area contributed by atoms with Gasteiger partial charge in [-0.2, -0.15) is 0 Å². The number of hydrogen-bond acceptors (Lipinski definition) is 3. The maximum atomic E-state index is 6.01. The highest BCUT2D eigenvalue weighted by atomic mass is 16.5. The van der Waals surface area contributed by atoms with Crippen LogP contribution in [0.3, 0.4) is 0 Å². The van der Waals surface area contributed by atoms with Gasteiger partial charge in [-0.15, -0.1) is 0 Å². The van der Waals surface area contributed by atoms with Gasteiger partial charge in [-0.3, -0.25) is 4.99 Å². The van der Waals surface area contributed by atoms with Crippen molar-refractivity contribution < 1.29 is 4.74 Å². The molecule has 1 saturated carbocycles. The van der Waals surface area contributed by atoms with Gasteiger partial charge in [0.1, 0.15) is 5.75 Å². The van der Waals surface area contributed by atoms with Crippen LogP contribution in [-0.4, -0.2) is 49.7 Å². The van der Waals surface area contributed by atoms with Gasteiger partial charge in [0.2, 0.25) is 0 Å². The van der Waals surface area contributed by atoms with E-state index in [1.165, 1.54) is 31.2 Å². The zero-order chi connectivity index (χ0) is 18.4. The van der Waals surface area contributed by atoms with Crippen molar-refractivity contribution in [2.24, 2.45) is 10.9 Å². The Kier molecular flexibility index (Phi) is 6.78. The maximum absolute atomic E-state index is 6.01. The third kappa shape index (κ3) is 5.63. The van der Waals surface area contributed by atoms with Gasteiger partial charge < -0.3 is 20.3 Å². The van der Waals surface area contributed by atoms with Crippen LogP contribution in [0.2, 0.25) is 0 Å². The van der Waals surface area contributed by atoms with Gasteiger partial charge in [0.05, 0.1) is 6.61 Å². The summed E-state index contributed by atoms with van der Waals surface area (Å²) in [6, 6.07) is 9.44. The first-order valence-electron chi connectivity index (χ1n) is 10.1. The topological polar surface area (TPSA) is 48.9 Å². The molecule has 3 rings (SSSR count). The zero-order valence-electron chi connectivity index (χ0n) is 16.5. The molecule has 0 amide bonds. The van der Waals surface area contributed by atoms with Crippen LogP contribution in [0, 0.1) is 5.92 Å². The van der Waals surface area contributed by atoms with E-state index in [2.05, 4.69) is 52.6 Å². The largest absolute Gasteiger partial charge is 0.493 e. The fourth-order valence-corrected chi connectivity index (χ4v) is 3.41. The first kappa shape index (κ1) is 19.0. The average molecular weight is 359 g/mol. The van der Waals surface area contributed by atoms with Gasteiger partial charge >= 0.3 is 0 Å². The molecule has 144 valence electrons. The lowest BCUT2D eigenvalue weighted by molar-refractivity contribution is 0.167. The van der Waals surface area contributed by atoms with Crippen LogP contribution in [0.25, 0.3) is 0 Å². The van der Waals surface area contributed by atoms with E-state index < -0.39 is 0 Å². The van der Waals surface area contributed by atoms with Gasteiger partial charge in [-0.1, -0.05) is 18.2 Å². The molecule has 1 aromatic carbocycles. The minimum atomic E-state index is 0.498. The SMILES string of the molecule is CN=C(NCc1ccccc1OCC1CC1)NC1CCN(C(C)C)CC1. The molecule has 0 unspecified atom stereocenters. The summed E-state index contributed by atoms with van der Waals surface area (Å²) in [5.74, 6) is 2.64. The van der Waals surface area contributed by atoms with E-state index in [4.69, 9.17) is 4.74 Å². The summed E-state index contributed by atoms with van der Waals surface area (Å²) in [4.78, 5) is 6.95. The van der Waals surface area contributed by atoms with Crippen molar-refractivity contribution in [3.63, 3.8) is 0 Å². The summed E-state index contributed by atoms with van der Waals surface area (Å²) in [6.07, 6.45) is 4.96. The molecule has 0 aromatic heterocycles. The summed E-state index contributed by atoms with van der Waals surface area (Å²) in [5.41, 5.74) is 1.19. The molecular formula is C21H34N4O. The molecule has 1 aliphatic carbocycles. The second-order valence-corrected chi connectivity index (χ2v) is 7.84. The quantitative estimate of drug-likeness (QED) is 0.581. The molecular weight excluding hydrogens is 324 g/mol. The molecule has 1 aliphatic heterocycles. The van der Waals surface area contributed by atoms with Crippen LogP contribution in [-0.2, 0) is 6.54 Å². The first-order chi connectivity index (χ1) is 12.7. The van der Waals surface area contributed by atoms with Crippen molar-refractivity contribution in [2.45, 2.75) is 58.2 Å². The number of para-hydroxylation sites is 1. The van der Waals surface area contributed by atoms with Gasteiger partial charge in [0, 0.05) is 44.3 Å². The Balaban J connectivity index is 1.47. The maximum Gasteiger partial charge on any atom is 0.191 e. The van der Waals surface area contributed by atoms with Crippen LogP contribution >= 0.6 is 0 Å². The zero-order valence-corrected chi connectivity index (χ0v) is 16.5. The molecule has 5 nitrogen and oxygen atoms in total. The standard InChI is InChI=1S/C21H34N4O/c1-16(2)25-12-10-19(11-13-25)24-21(22-3)23-14-18-6-4-5-7-20(18)26-15-17-8-9-17/h4-7,16-17,19H,8-15H2,1-3H3,(H2,22,23,24). The number of aliphatic imine (C=N–C) groups is 1. The molecule has 2 N–H and O–H groups in total. The van der Waals surface area contributed by atoms with E-state index >= 15 is 0 Å². The summed E-state index contributed by atoms with van der Waals surface area (Å²) in [7, 11) is 1.84. The number of guanidine groups is 1. The molecule has 5 heteroatoms. The van der Waals surface area contributed by atoms with Crippen LogP contribution < -0.4 is 15.4 Å². The molecule has 2 fully saturated rings. The van der Waals surface area contributed by atoms with Gasteiger partial charge in [0.15, 0.2) is 5.96 Å². The fourth-order valence-electron chi connectivity index (χ4n) is 3.41. The number of benzene rings is 1. The Morgan fingerprint density at radius 1 is 1.19 bits per heavy atom. The first-order valence-corrected chi connectivity index (χ1v) is 10.1. The summed E-state index contributed by atoms with van der Waals surface area (Å²) < 4.78 is 6.01. The van der Waals surface area contributed by atoms with Crippen LogP contribution in [0.15, 0.2) is 29.3 Å². The Labute approximate surface area is 158 Å². The minimum Gasteiger partial charge on any atom is -0.493 e. The second kappa shape index (κ2) is 9.26. The van der Waals surface area contributed by atoms with Gasteiger partial charge in [-0.05, 0) is 51.5 Å². The number of rotatable bonds is 7. The lowest BCUT2D eigenvalue weighted by atomic mass is 10.0. The molecule has 0 atom stereocenters. The number of hydrogen-bond donors (Lipinski definition) is 2. The lowest BCUT2D eigenvalue weighted by Crippen LogP contribution is -2.49. The Bertz CT molecular complexity index is 589. The van der Waals surface area contributed by atoms with Crippen LogP contribution in [0.4, 0.5) is 0 Å². The van der Waals surface area contributed by atoms with Crippen molar-refractivity contribution in [3.05, 3.63) is 29.8 Å². The summed E-state index contributed by atoms with van der Waals surface area (Å²) >= 11 is 0. The molecule has 26 heavy (non-hydrogen) atoms. The highest BCUT2D eigenvalue weighted by Crippen LogP contribution is 2.30. The summed E-state index contributed by atoms with van der Waals surface area (Å²) in [6.45, 7) is 8.44. The molecule has 0 bridgehead atoms. The predicted octanol–water partition coefficient (Wildman–Crippen LogP) is 3.01. The second-order valence-electron chi connectivity index (χ2n) is 7.84. The van der Waals surface area contributed by atoms with Crippen LogP contribution in [0.1, 0.15) is 45.1 Å². The Morgan fingerprint density at radius 3 is 2.58 bits per heavy atom. The molecule has 2 aliphatic rings. The Hall–Kier alpha value is -1.75. The molecule has 0 radical (unpaired) electrons. The third-order valence-corrected chi connectivity index (χ3v) is 5.41. The van der Waals surface area contributed by atoms with Crippen molar-refractivity contribution in [2.75, 3.05) is 26.7 Å². The van der Waals surface area contributed by atoms with E-state index in [0.717, 1.165) is 43.9 Å². The van der Waals surface area contributed by atoms with E-state index in [9.17, 15) is 0 Å². The van der Waals surface area contributed by atoms with Gasteiger partial charge in [-0.25, -0.2) is 0 Å². The number of nitrogens with zero attached hydrogens (tertiary/aromatic N) is 2. The van der Waals surface area contributed by atoms with E-state index in [-0.39, 0.29) is 0 Å². The molecule has 1 heterocycles. The van der Waals surface area contributed by atoms with Crippen molar-refractivity contribution >= 4 is 5.96 Å². The minimum absolute atomic E-state index is 0.498. The smallest absolute Gasteiger partial charge is 0.191 e. The predicted molar refractivity (Wildman–Crippen MR) is 108 cm³/mol. The van der Waals surface area contributed by atoms with Crippen LogP contribution in [0.5, 0.6) is 5.75 Å². The number of piperidine rings is 1. The lowest BCUT2D eigenvalue weighted by Gasteiger charge is -2.35. The third-order valence-electron chi connectivity index (χ3n) is 5.41. The highest BCUT2D eigenvalue weighted by molar-refractivity contribution is 5.80. The highest BCUT2D eigenvalue weighted by Gasteiger charge is 2.23. The monoisotopic (exact) mass is 358 g/mol. The Morgan fingerprint density at radius 2 is 1.92 bits per heavy atom.